The topological polar surface area (TPSA) is 36.7 Å². The maximum atomic E-state index is 13.0. The van der Waals surface area contributed by atoms with Gasteiger partial charge < -0.3 is 0 Å². The van der Waals surface area contributed by atoms with E-state index in [2.05, 4.69) is 4.98 Å². The second-order valence-electron chi connectivity index (χ2n) is 3.08. The van der Waals surface area contributed by atoms with Crippen molar-refractivity contribution in [2.75, 3.05) is 0 Å². The Hall–Kier alpha value is -1.43. The minimum atomic E-state index is -0.807. The smallest absolute Gasteiger partial charge is 0.217 e. The molecule has 0 amide bonds. The van der Waals surface area contributed by atoms with Gasteiger partial charge in [0.25, 0.3) is 0 Å². The highest BCUT2D eigenvalue weighted by atomic mass is 19.1. The third-order valence-electron chi connectivity index (χ3n) is 1.71. The monoisotopic (exact) mass is 164 g/mol. The zero-order chi connectivity index (χ0) is 9.19. The highest BCUT2D eigenvalue weighted by Crippen LogP contribution is 2.22. The fraction of sp³-hybridized carbons (Fsp3) is 0.333. The van der Waals surface area contributed by atoms with Crippen LogP contribution < -0.4 is 0 Å². The molecule has 0 saturated heterocycles. The van der Waals surface area contributed by atoms with Crippen LogP contribution >= 0.6 is 0 Å². The summed E-state index contributed by atoms with van der Waals surface area (Å²) in [6.45, 7) is 3.32. The molecule has 1 heterocycles. The van der Waals surface area contributed by atoms with Crippen LogP contribution in [0.15, 0.2) is 18.3 Å². The summed E-state index contributed by atoms with van der Waals surface area (Å²) in [5, 5.41) is 8.73. The Bertz CT molecular complexity index is 326. The van der Waals surface area contributed by atoms with Crippen LogP contribution in [-0.4, -0.2) is 4.98 Å². The molecule has 0 aliphatic heterocycles. The number of halogens is 1. The summed E-state index contributed by atoms with van der Waals surface area (Å²) in [5.74, 6) is -0.566. The summed E-state index contributed by atoms with van der Waals surface area (Å²) < 4.78 is 13.0. The first-order valence-corrected chi connectivity index (χ1v) is 3.60. The van der Waals surface area contributed by atoms with Crippen LogP contribution in [0.25, 0.3) is 0 Å². The van der Waals surface area contributed by atoms with Gasteiger partial charge in [-0.15, -0.1) is 0 Å². The minimum Gasteiger partial charge on any atom is -0.228 e. The molecule has 0 radical (unpaired) electrons. The Kier molecular flexibility index (Phi) is 2.09. The molecule has 1 rings (SSSR count). The second kappa shape index (κ2) is 2.90. The molecule has 0 aromatic carbocycles. The van der Waals surface area contributed by atoms with Crippen molar-refractivity contribution in [3.05, 3.63) is 29.8 Å². The van der Waals surface area contributed by atoms with Crippen molar-refractivity contribution in [3.8, 4) is 6.07 Å². The quantitative estimate of drug-likeness (QED) is 0.595. The van der Waals surface area contributed by atoms with Gasteiger partial charge in [0.15, 0.2) is 0 Å². The molecule has 0 aliphatic carbocycles. The molecule has 3 heteroatoms. The summed E-state index contributed by atoms with van der Waals surface area (Å²) in [5.41, 5.74) is -0.467. The Balaban J connectivity index is 3.22. The van der Waals surface area contributed by atoms with E-state index < -0.39 is 11.4 Å². The summed E-state index contributed by atoms with van der Waals surface area (Å²) >= 11 is 0. The molecule has 0 bridgehead atoms. The van der Waals surface area contributed by atoms with Crippen molar-refractivity contribution in [1.29, 1.82) is 5.26 Å². The third kappa shape index (κ3) is 1.42. The first-order chi connectivity index (χ1) is 5.58. The van der Waals surface area contributed by atoms with E-state index in [1.165, 1.54) is 6.20 Å². The largest absolute Gasteiger partial charge is 0.228 e. The number of aromatic nitrogens is 1. The van der Waals surface area contributed by atoms with Crippen molar-refractivity contribution in [1.82, 2.24) is 4.98 Å². The lowest BCUT2D eigenvalue weighted by molar-refractivity contribution is 0.531. The number of rotatable bonds is 1. The van der Waals surface area contributed by atoms with Crippen LogP contribution in [0.5, 0.6) is 0 Å². The lowest BCUT2D eigenvalue weighted by Crippen LogP contribution is -2.16. The van der Waals surface area contributed by atoms with Gasteiger partial charge in [-0.1, -0.05) is 6.07 Å². The van der Waals surface area contributed by atoms with E-state index in [1.54, 1.807) is 26.0 Å². The van der Waals surface area contributed by atoms with Gasteiger partial charge in [-0.2, -0.15) is 9.65 Å². The lowest BCUT2D eigenvalue weighted by Gasteiger charge is -2.14. The average Bonchev–Trinajstić information content (AvgIpc) is 2.05. The first-order valence-electron chi connectivity index (χ1n) is 3.60. The summed E-state index contributed by atoms with van der Waals surface area (Å²) in [4.78, 5) is 3.48. The SMILES string of the molecule is CC(C)(C#N)c1cccnc1F. The van der Waals surface area contributed by atoms with Gasteiger partial charge >= 0.3 is 0 Å². The standard InChI is InChI=1S/C9H9FN2/c1-9(2,6-11)7-4-3-5-12-8(7)10/h3-5H,1-2H3. The predicted octanol–water partition coefficient (Wildman–Crippen LogP) is 2.02. The van der Waals surface area contributed by atoms with E-state index in [9.17, 15) is 4.39 Å². The van der Waals surface area contributed by atoms with Crippen LogP contribution in [-0.2, 0) is 5.41 Å². The van der Waals surface area contributed by atoms with E-state index in [0.717, 1.165) is 0 Å². The highest BCUT2D eigenvalue weighted by Gasteiger charge is 2.23. The van der Waals surface area contributed by atoms with Crippen molar-refractivity contribution in [2.24, 2.45) is 0 Å². The molecule has 0 spiro atoms. The van der Waals surface area contributed by atoms with Gasteiger partial charge in [-0.05, 0) is 19.9 Å². The number of pyridine rings is 1. The van der Waals surface area contributed by atoms with Gasteiger partial charge in [-0.25, -0.2) is 4.98 Å². The zero-order valence-corrected chi connectivity index (χ0v) is 7.00. The van der Waals surface area contributed by atoms with Gasteiger partial charge in [0.1, 0.15) is 0 Å². The van der Waals surface area contributed by atoms with Crippen LogP contribution in [0.2, 0.25) is 0 Å². The average molecular weight is 164 g/mol. The molecule has 0 N–H and O–H groups in total. The molecule has 0 atom stereocenters. The molecule has 0 fully saturated rings. The van der Waals surface area contributed by atoms with E-state index in [4.69, 9.17) is 5.26 Å². The van der Waals surface area contributed by atoms with Crippen molar-refractivity contribution < 1.29 is 4.39 Å². The van der Waals surface area contributed by atoms with Gasteiger partial charge in [0, 0.05) is 11.8 Å². The van der Waals surface area contributed by atoms with Crippen molar-refractivity contribution in [3.63, 3.8) is 0 Å². The van der Waals surface area contributed by atoms with Crippen LogP contribution in [0.4, 0.5) is 4.39 Å². The minimum absolute atomic E-state index is 0.340. The van der Waals surface area contributed by atoms with Crippen LogP contribution in [0.1, 0.15) is 19.4 Å². The number of hydrogen-bond donors (Lipinski definition) is 0. The lowest BCUT2D eigenvalue weighted by atomic mass is 9.87. The molecule has 0 saturated carbocycles. The third-order valence-corrected chi connectivity index (χ3v) is 1.71. The maximum Gasteiger partial charge on any atom is 0.217 e. The van der Waals surface area contributed by atoms with E-state index in [-0.39, 0.29) is 0 Å². The van der Waals surface area contributed by atoms with Crippen molar-refractivity contribution in [2.45, 2.75) is 19.3 Å². The summed E-state index contributed by atoms with van der Waals surface area (Å²) in [6.07, 6.45) is 1.37. The molecule has 62 valence electrons. The number of nitriles is 1. The Morgan fingerprint density at radius 1 is 1.58 bits per heavy atom. The molecular weight excluding hydrogens is 155 g/mol. The Morgan fingerprint density at radius 2 is 2.25 bits per heavy atom. The van der Waals surface area contributed by atoms with E-state index >= 15 is 0 Å². The first kappa shape index (κ1) is 8.66. The van der Waals surface area contributed by atoms with Crippen molar-refractivity contribution >= 4 is 0 Å². The number of nitrogens with zero attached hydrogens (tertiary/aromatic N) is 2. The normalized spacial score (nSPS) is 10.8. The maximum absolute atomic E-state index is 13.0. The molecular formula is C9H9FN2. The molecule has 0 aliphatic rings. The van der Waals surface area contributed by atoms with E-state index in [1.807, 2.05) is 6.07 Å². The number of hydrogen-bond acceptors (Lipinski definition) is 2. The molecule has 1 aromatic heterocycles. The predicted molar refractivity (Wildman–Crippen MR) is 42.8 cm³/mol. The molecule has 1 aromatic rings. The molecule has 12 heavy (non-hydrogen) atoms. The summed E-state index contributed by atoms with van der Waals surface area (Å²) in [7, 11) is 0. The fourth-order valence-electron chi connectivity index (χ4n) is 0.912. The fourth-order valence-corrected chi connectivity index (χ4v) is 0.912. The Morgan fingerprint density at radius 3 is 2.75 bits per heavy atom. The van der Waals surface area contributed by atoms with Gasteiger partial charge in [0.2, 0.25) is 5.95 Å². The Labute approximate surface area is 70.7 Å². The van der Waals surface area contributed by atoms with E-state index in [0.29, 0.717) is 5.56 Å². The van der Waals surface area contributed by atoms with Crippen LogP contribution in [0, 0.1) is 17.3 Å². The highest BCUT2D eigenvalue weighted by molar-refractivity contribution is 5.27. The molecule has 2 nitrogen and oxygen atoms in total. The summed E-state index contributed by atoms with van der Waals surface area (Å²) in [6, 6.07) is 5.22. The van der Waals surface area contributed by atoms with Gasteiger partial charge in [0.05, 0.1) is 11.5 Å². The van der Waals surface area contributed by atoms with Crippen LogP contribution in [0.3, 0.4) is 0 Å². The molecule has 0 unspecified atom stereocenters. The second-order valence-corrected chi connectivity index (χ2v) is 3.08. The zero-order valence-electron chi connectivity index (χ0n) is 7.00. The van der Waals surface area contributed by atoms with Gasteiger partial charge in [-0.3, -0.25) is 0 Å².